The summed E-state index contributed by atoms with van der Waals surface area (Å²) in [5, 5.41) is 3.05. The van der Waals surface area contributed by atoms with Gasteiger partial charge in [0.2, 0.25) is 5.91 Å². The predicted molar refractivity (Wildman–Crippen MR) is 328 cm³/mol. The van der Waals surface area contributed by atoms with Crippen LogP contribution in [0.25, 0.3) is 0 Å². The van der Waals surface area contributed by atoms with Crippen molar-refractivity contribution < 1.29 is 37.3 Å². The molecule has 76 heavy (non-hydrogen) atoms. The molecule has 0 aliphatic heterocycles. The molecule has 0 aromatic carbocycles. The van der Waals surface area contributed by atoms with Crippen molar-refractivity contribution in [2.24, 2.45) is 0 Å². The highest BCUT2D eigenvalue weighted by Gasteiger charge is 2.30. The first-order valence-electron chi connectivity index (χ1n) is 31.4. The number of phosphoric ester groups is 1. The van der Waals surface area contributed by atoms with Gasteiger partial charge in [-0.15, -0.1) is 0 Å². The topological polar surface area (TPSA) is 111 Å². The molecule has 10 heteroatoms. The maximum Gasteiger partial charge on any atom is 0.472 e. The Balaban J connectivity index is 5.17. The number of hydrogen-bond acceptors (Lipinski definition) is 6. The molecule has 9 nitrogen and oxygen atoms in total. The maximum absolute atomic E-state index is 13.5. The zero-order chi connectivity index (χ0) is 55.7. The van der Waals surface area contributed by atoms with E-state index >= 15 is 0 Å². The average molecular weight is 1080 g/mol. The normalized spacial score (nSPS) is 14.2. The van der Waals surface area contributed by atoms with Crippen LogP contribution in [0, 0.1) is 0 Å². The first-order valence-corrected chi connectivity index (χ1v) is 32.9. The van der Waals surface area contributed by atoms with Gasteiger partial charge in [0.1, 0.15) is 19.3 Å². The molecule has 0 rings (SSSR count). The van der Waals surface area contributed by atoms with E-state index in [-0.39, 0.29) is 31.5 Å². The lowest BCUT2D eigenvalue weighted by atomic mass is 10.0. The number of rotatable bonds is 56. The number of nitrogens with one attached hydrogen (secondary N) is 1. The van der Waals surface area contributed by atoms with Gasteiger partial charge in [-0.25, -0.2) is 4.57 Å². The third kappa shape index (κ3) is 55.9. The second-order valence-electron chi connectivity index (χ2n) is 22.2. The number of likely N-dealkylation sites (N-methyl/N-ethyl adjacent to an activating group) is 1. The molecule has 3 unspecified atom stereocenters. The van der Waals surface area contributed by atoms with Crippen LogP contribution in [0.5, 0.6) is 0 Å². The van der Waals surface area contributed by atoms with Crippen LogP contribution in [0.1, 0.15) is 271 Å². The van der Waals surface area contributed by atoms with Gasteiger partial charge in [-0.2, -0.15) is 0 Å². The summed E-state index contributed by atoms with van der Waals surface area (Å²) >= 11 is 0. The molecule has 3 atom stereocenters. The second-order valence-corrected chi connectivity index (χ2v) is 23.7. The summed E-state index contributed by atoms with van der Waals surface area (Å²) in [6.07, 6.45) is 72.9. The molecule has 0 aromatic heterocycles. The Morgan fingerprint density at radius 3 is 1.26 bits per heavy atom. The monoisotopic (exact) mass is 1080 g/mol. The molecule has 0 spiro atoms. The third-order valence-corrected chi connectivity index (χ3v) is 14.6. The molecule has 0 saturated carbocycles. The standard InChI is InChI=1S/C66H119N2O7P/c1-7-10-13-16-19-22-25-27-29-30-31-32-33-34-35-36-37-38-39-41-44-47-50-53-56-59-66(70)75-64(57-54-51-48-45-42-24-21-18-15-12-9-3)63(62-74-76(71,72)73-61-60-68(4,5)6)67-65(69)58-55-52-49-46-43-40-28-26-23-20-17-14-11-8-2/h10,13,19,22,27,29,31-32,34-35,37-38,54,57,63-64H,7-9,11-12,14-18,20-21,23-26,28,30,33,36,39-53,55-56,58-62H2,1-6H3,(H-,67,69,71,72)/p+1/b13-10-,22-19-,29-27-,32-31-,35-34-,38-37-,57-54-. The second kappa shape index (κ2) is 55.5. The summed E-state index contributed by atoms with van der Waals surface area (Å²) < 4.78 is 30.7. The Morgan fingerprint density at radius 1 is 0.474 bits per heavy atom. The lowest BCUT2D eigenvalue weighted by molar-refractivity contribution is -0.870. The van der Waals surface area contributed by atoms with E-state index in [2.05, 4.69) is 99.0 Å². The number of ether oxygens (including phenoxy) is 1. The van der Waals surface area contributed by atoms with Crippen LogP contribution in [0.4, 0.5) is 0 Å². The van der Waals surface area contributed by atoms with Crippen LogP contribution < -0.4 is 5.32 Å². The zero-order valence-electron chi connectivity index (χ0n) is 50.2. The first-order chi connectivity index (χ1) is 36.9. The van der Waals surface area contributed by atoms with E-state index < -0.39 is 20.0 Å². The molecule has 2 N–H and O–H groups in total. The third-order valence-electron chi connectivity index (χ3n) is 13.6. The van der Waals surface area contributed by atoms with Gasteiger partial charge in [0.25, 0.3) is 0 Å². The van der Waals surface area contributed by atoms with E-state index in [0.29, 0.717) is 17.4 Å². The van der Waals surface area contributed by atoms with Gasteiger partial charge in [0.05, 0.1) is 33.8 Å². The fraction of sp³-hybridized carbons (Fsp3) is 0.758. The number of esters is 1. The van der Waals surface area contributed by atoms with E-state index in [4.69, 9.17) is 13.8 Å². The summed E-state index contributed by atoms with van der Waals surface area (Å²) in [6.45, 7) is 6.89. The van der Waals surface area contributed by atoms with Crippen LogP contribution >= 0.6 is 7.82 Å². The van der Waals surface area contributed by atoms with Crippen molar-refractivity contribution in [3.05, 3.63) is 85.1 Å². The molecular formula is C66H120N2O7P+. The van der Waals surface area contributed by atoms with Crippen LogP contribution in [0.15, 0.2) is 85.1 Å². The minimum Gasteiger partial charge on any atom is -0.456 e. The highest BCUT2D eigenvalue weighted by molar-refractivity contribution is 7.47. The van der Waals surface area contributed by atoms with E-state index in [0.717, 1.165) is 122 Å². The van der Waals surface area contributed by atoms with Crippen molar-refractivity contribution >= 4 is 19.7 Å². The predicted octanol–water partition coefficient (Wildman–Crippen LogP) is 19.4. The first kappa shape index (κ1) is 73.2. The highest BCUT2D eigenvalue weighted by atomic mass is 31.2. The van der Waals surface area contributed by atoms with Crippen molar-refractivity contribution in [1.82, 2.24) is 5.32 Å². The molecule has 0 fully saturated rings. The largest absolute Gasteiger partial charge is 0.472 e. The molecule has 0 aliphatic rings. The highest BCUT2D eigenvalue weighted by Crippen LogP contribution is 2.43. The smallest absolute Gasteiger partial charge is 0.456 e. The van der Waals surface area contributed by atoms with Gasteiger partial charge in [0, 0.05) is 12.8 Å². The molecule has 0 aliphatic carbocycles. The van der Waals surface area contributed by atoms with Gasteiger partial charge >= 0.3 is 13.8 Å². The molecule has 0 heterocycles. The van der Waals surface area contributed by atoms with E-state index in [1.54, 1.807) is 0 Å². The van der Waals surface area contributed by atoms with Gasteiger partial charge < -0.3 is 19.4 Å². The van der Waals surface area contributed by atoms with Gasteiger partial charge in [-0.1, -0.05) is 260 Å². The Kier molecular flexibility index (Phi) is 53.5. The van der Waals surface area contributed by atoms with Crippen LogP contribution in [0.2, 0.25) is 0 Å². The van der Waals surface area contributed by atoms with Crippen molar-refractivity contribution in [2.45, 2.75) is 283 Å². The lowest BCUT2D eigenvalue weighted by Crippen LogP contribution is -2.47. The van der Waals surface area contributed by atoms with Gasteiger partial charge in [0.15, 0.2) is 0 Å². The molecule has 440 valence electrons. The fourth-order valence-electron chi connectivity index (χ4n) is 8.77. The van der Waals surface area contributed by atoms with Crippen LogP contribution in [-0.4, -0.2) is 74.3 Å². The number of carbonyl (C=O) groups is 2. The molecule has 0 bridgehead atoms. The molecule has 1 amide bonds. The Bertz CT molecular complexity index is 1580. The van der Waals surface area contributed by atoms with Crippen LogP contribution in [-0.2, 0) is 27.9 Å². The summed E-state index contributed by atoms with van der Waals surface area (Å²) in [4.78, 5) is 37.7. The van der Waals surface area contributed by atoms with Gasteiger partial charge in [-0.05, 0) is 83.1 Å². The minimum atomic E-state index is -4.45. The number of hydrogen-bond donors (Lipinski definition) is 2. The van der Waals surface area contributed by atoms with Crippen LogP contribution in [0.3, 0.4) is 0 Å². The summed E-state index contributed by atoms with van der Waals surface area (Å²) in [7, 11) is 1.48. The molecular weight excluding hydrogens is 964 g/mol. The number of carbonyl (C=O) groups excluding carboxylic acids is 2. The van der Waals surface area contributed by atoms with Crippen molar-refractivity contribution in [3.63, 3.8) is 0 Å². The van der Waals surface area contributed by atoms with Gasteiger partial charge in [-0.3, -0.25) is 18.6 Å². The van der Waals surface area contributed by atoms with E-state index in [9.17, 15) is 19.0 Å². The summed E-state index contributed by atoms with van der Waals surface area (Å²) in [5.41, 5.74) is 0. The average Bonchev–Trinajstić information content (AvgIpc) is 3.38. The number of quaternary nitrogens is 1. The van der Waals surface area contributed by atoms with E-state index in [1.807, 2.05) is 33.3 Å². The van der Waals surface area contributed by atoms with Crippen molar-refractivity contribution in [1.29, 1.82) is 0 Å². The molecule has 0 radical (unpaired) electrons. The number of nitrogens with zero attached hydrogens (tertiary/aromatic N) is 1. The quantitative estimate of drug-likeness (QED) is 0.0205. The van der Waals surface area contributed by atoms with Crippen molar-refractivity contribution in [2.75, 3.05) is 40.9 Å². The summed E-state index contributed by atoms with van der Waals surface area (Å²) in [5.74, 6) is -0.520. The number of unbranched alkanes of at least 4 members (excludes halogenated alkanes) is 28. The maximum atomic E-state index is 13.5. The minimum absolute atomic E-state index is 0.0357. The lowest BCUT2D eigenvalue weighted by Gasteiger charge is -2.27. The fourth-order valence-corrected chi connectivity index (χ4v) is 9.50. The molecule has 0 aromatic rings. The Hall–Kier alpha value is -2.81. The summed E-state index contributed by atoms with van der Waals surface area (Å²) in [6, 6.07) is -0.855. The number of phosphoric acid groups is 1. The van der Waals surface area contributed by atoms with Crippen molar-refractivity contribution in [3.8, 4) is 0 Å². The molecule has 0 saturated heterocycles. The number of amides is 1. The Labute approximate surface area is 469 Å². The number of allylic oxidation sites excluding steroid dienone is 13. The zero-order valence-corrected chi connectivity index (χ0v) is 51.1. The van der Waals surface area contributed by atoms with E-state index in [1.165, 1.54) is 116 Å². The Morgan fingerprint density at radius 2 is 0.842 bits per heavy atom. The SMILES string of the molecule is CC/C=C\C/C=C\C/C=C\C/C=C\C/C=C\C/C=C\CCCCCCCCC(=O)OC(/C=C\CCCCCCCCCCC)C(COP(=O)(O)OCC[N+](C)(C)C)NC(=O)CCCCCCCCCCCCCCCC.